The highest BCUT2D eigenvalue weighted by Gasteiger charge is 2.19. The molecule has 0 aliphatic rings. The van der Waals surface area contributed by atoms with Crippen LogP contribution in [-0.4, -0.2) is 33.8 Å². The van der Waals surface area contributed by atoms with Gasteiger partial charge in [-0.1, -0.05) is 17.7 Å². The van der Waals surface area contributed by atoms with Crippen molar-refractivity contribution in [3.63, 3.8) is 0 Å². The standard InChI is InChI=1S/C24H26N4O3/c1-16-8-10-18(11-9-16)30-13-5-4-12-25-24(29)19-15-20(21-7-6-14-31-21)26-23-22(19)17(2)27-28(23)3/h6-11,14-15H,4-5,12-13H2,1-3H3,(H,25,29). The van der Waals surface area contributed by atoms with E-state index in [2.05, 4.69) is 15.4 Å². The van der Waals surface area contributed by atoms with Crippen LogP contribution in [-0.2, 0) is 7.05 Å². The van der Waals surface area contributed by atoms with Gasteiger partial charge in [0.2, 0.25) is 0 Å². The number of unbranched alkanes of at least 4 members (excludes halogenated alkanes) is 1. The number of pyridine rings is 1. The molecular weight excluding hydrogens is 392 g/mol. The molecule has 0 aliphatic carbocycles. The molecule has 4 aromatic rings. The fraction of sp³-hybridized carbons (Fsp3) is 0.292. The second-order valence-corrected chi connectivity index (χ2v) is 7.56. The Kier molecular flexibility index (Phi) is 6.02. The Morgan fingerprint density at radius 3 is 2.71 bits per heavy atom. The van der Waals surface area contributed by atoms with E-state index in [0.717, 1.165) is 29.7 Å². The van der Waals surface area contributed by atoms with Crippen molar-refractivity contribution in [1.29, 1.82) is 0 Å². The van der Waals surface area contributed by atoms with Crippen molar-refractivity contribution in [2.24, 2.45) is 7.05 Å². The number of aromatic nitrogens is 3. The van der Waals surface area contributed by atoms with E-state index in [1.807, 2.05) is 51.2 Å². The van der Waals surface area contributed by atoms with Gasteiger partial charge in [-0.3, -0.25) is 9.48 Å². The summed E-state index contributed by atoms with van der Waals surface area (Å²) >= 11 is 0. The second-order valence-electron chi connectivity index (χ2n) is 7.56. The highest BCUT2D eigenvalue weighted by atomic mass is 16.5. The van der Waals surface area contributed by atoms with Crippen LogP contribution < -0.4 is 10.1 Å². The molecule has 31 heavy (non-hydrogen) atoms. The highest BCUT2D eigenvalue weighted by molar-refractivity contribution is 6.07. The summed E-state index contributed by atoms with van der Waals surface area (Å²) in [5.74, 6) is 1.34. The minimum atomic E-state index is -0.143. The first-order chi connectivity index (χ1) is 15.0. The number of amides is 1. The topological polar surface area (TPSA) is 82.2 Å². The lowest BCUT2D eigenvalue weighted by Gasteiger charge is -2.09. The van der Waals surface area contributed by atoms with Gasteiger partial charge in [0.15, 0.2) is 11.4 Å². The van der Waals surface area contributed by atoms with Crippen molar-refractivity contribution in [2.75, 3.05) is 13.2 Å². The van der Waals surface area contributed by atoms with Crippen molar-refractivity contribution in [2.45, 2.75) is 26.7 Å². The lowest BCUT2D eigenvalue weighted by atomic mass is 10.1. The van der Waals surface area contributed by atoms with Gasteiger partial charge in [-0.25, -0.2) is 4.98 Å². The third-order valence-corrected chi connectivity index (χ3v) is 5.13. The number of nitrogens with one attached hydrogen (secondary N) is 1. The molecule has 0 spiro atoms. The van der Waals surface area contributed by atoms with Crippen LogP contribution in [0.15, 0.2) is 53.1 Å². The summed E-state index contributed by atoms with van der Waals surface area (Å²) in [6.07, 6.45) is 3.26. The number of carbonyl (C=O) groups excluding carboxylic acids is 1. The fourth-order valence-electron chi connectivity index (χ4n) is 3.52. The molecular formula is C24H26N4O3. The summed E-state index contributed by atoms with van der Waals surface area (Å²) in [5.41, 5.74) is 3.80. The number of benzene rings is 1. The first-order valence-electron chi connectivity index (χ1n) is 10.4. The molecule has 0 unspecified atom stereocenters. The highest BCUT2D eigenvalue weighted by Crippen LogP contribution is 2.27. The molecule has 1 N–H and O–H groups in total. The SMILES string of the molecule is Cc1ccc(OCCCCNC(=O)c2cc(-c3ccco3)nc3c2c(C)nn3C)cc1. The third kappa shape index (κ3) is 4.60. The number of nitrogens with zero attached hydrogens (tertiary/aromatic N) is 3. The van der Waals surface area contributed by atoms with Crippen molar-refractivity contribution in [3.8, 4) is 17.2 Å². The maximum absolute atomic E-state index is 13.0. The van der Waals surface area contributed by atoms with E-state index in [0.29, 0.717) is 35.8 Å². The predicted octanol–water partition coefficient (Wildman–Crippen LogP) is 4.43. The van der Waals surface area contributed by atoms with Gasteiger partial charge in [0, 0.05) is 13.6 Å². The van der Waals surface area contributed by atoms with E-state index in [1.54, 1.807) is 23.1 Å². The average molecular weight is 418 g/mol. The number of ether oxygens (including phenoxy) is 1. The monoisotopic (exact) mass is 418 g/mol. The number of furan rings is 1. The molecule has 7 nitrogen and oxygen atoms in total. The first-order valence-corrected chi connectivity index (χ1v) is 10.4. The smallest absolute Gasteiger partial charge is 0.252 e. The quantitative estimate of drug-likeness (QED) is 0.428. The third-order valence-electron chi connectivity index (χ3n) is 5.13. The van der Waals surface area contributed by atoms with Gasteiger partial charge in [0.1, 0.15) is 11.4 Å². The normalized spacial score (nSPS) is 11.1. The zero-order chi connectivity index (χ0) is 21.8. The Morgan fingerprint density at radius 1 is 1.16 bits per heavy atom. The minimum absolute atomic E-state index is 0.143. The summed E-state index contributed by atoms with van der Waals surface area (Å²) in [5, 5.41) is 8.22. The summed E-state index contributed by atoms with van der Waals surface area (Å²) in [7, 11) is 1.82. The van der Waals surface area contributed by atoms with Crippen LogP contribution in [0.4, 0.5) is 0 Å². The lowest BCUT2D eigenvalue weighted by molar-refractivity contribution is 0.0954. The number of fused-ring (bicyclic) bond motifs is 1. The molecule has 1 aromatic carbocycles. The minimum Gasteiger partial charge on any atom is -0.494 e. The predicted molar refractivity (Wildman–Crippen MR) is 119 cm³/mol. The average Bonchev–Trinajstić information content (AvgIpc) is 3.40. The largest absolute Gasteiger partial charge is 0.494 e. The Balaban J connectivity index is 1.39. The van der Waals surface area contributed by atoms with Crippen LogP contribution in [0.2, 0.25) is 0 Å². The van der Waals surface area contributed by atoms with Crippen LogP contribution >= 0.6 is 0 Å². The van der Waals surface area contributed by atoms with Crippen molar-refractivity contribution >= 4 is 16.9 Å². The van der Waals surface area contributed by atoms with Crippen LogP contribution in [0.5, 0.6) is 5.75 Å². The molecule has 0 saturated heterocycles. The molecule has 0 saturated carbocycles. The van der Waals surface area contributed by atoms with Gasteiger partial charge in [0.25, 0.3) is 5.91 Å². The molecule has 3 aromatic heterocycles. The van der Waals surface area contributed by atoms with E-state index in [-0.39, 0.29) is 5.91 Å². The molecule has 7 heteroatoms. The zero-order valence-corrected chi connectivity index (χ0v) is 18.0. The van der Waals surface area contributed by atoms with Gasteiger partial charge < -0.3 is 14.5 Å². The van der Waals surface area contributed by atoms with Crippen molar-refractivity contribution in [3.05, 3.63) is 65.5 Å². The number of rotatable bonds is 8. The van der Waals surface area contributed by atoms with Gasteiger partial charge in [0.05, 0.1) is 29.5 Å². The van der Waals surface area contributed by atoms with Gasteiger partial charge >= 0.3 is 0 Å². The Morgan fingerprint density at radius 2 is 1.97 bits per heavy atom. The van der Waals surface area contributed by atoms with E-state index < -0.39 is 0 Å². The van der Waals surface area contributed by atoms with Crippen molar-refractivity contribution in [1.82, 2.24) is 20.1 Å². The molecule has 160 valence electrons. The number of hydrogen-bond donors (Lipinski definition) is 1. The first kappa shape index (κ1) is 20.7. The van der Waals surface area contributed by atoms with E-state index >= 15 is 0 Å². The van der Waals surface area contributed by atoms with Crippen LogP contribution in [0.25, 0.3) is 22.5 Å². The Hall–Kier alpha value is -3.61. The molecule has 0 aliphatic heterocycles. The molecule has 0 atom stereocenters. The van der Waals surface area contributed by atoms with E-state index in [4.69, 9.17) is 9.15 Å². The molecule has 3 heterocycles. The second kappa shape index (κ2) is 9.04. The maximum Gasteiger partial charge on any atom is 0.252 e. The van der Waals surface area contributed by atoms with Crippen LogP contribution in [0.3, 0.4) is 0 Å². The van der Waals surface area contributed by atoms with Crippen molar-refractivity contribution < 1.29 is 13.9 Å². The van der Waals surface area contributed by atoms with Crippen LogP contribution in [0, 0.1) is 13.8 Å². The van der Waals surface area contributed by atoms with Gasteiger partial charge in [-0.2, -0.15) is 5.10 Å². The number of carbonyl (C=O) groups is 1. The van der Waals surface area contributed by atoms with E-state index in [1.165, 1.54) is 5.56 Å². The van der Waals surface area contributed by atoms with E-state index in [9.17, 15) is 4.79 Å². The maximum atomic E-state index is 13.0. The Bertz CT molecular complexity index is 1180. The Labute approximate surface area is 181 Å². The molecule has 0 bridgehead atoms. The molecule has 1 amide bonds. The molecule has 4 rings (SSSR count). The summed E-state index contributed by atoms with van der Waals surface area (Å²) in [6.45, 7) is 5.11. The van der Waals surface area contributed by atoms with Crippen LogP contribution in [0.1, 0.15) is 34.5 Å². The summed E-state index contributed by atoms with van der Waals surface area (Å²) in [6, 6.07) is 13.4. The fourth-order valence-corrected chi connectivity index (χ4v) is 3.52. The van der Waals surface area contributed by atoms with Gasteiger partial charge in [-0.05, 0) is 57.0 Å². The number of hydrogen-bond acceptors (Lipinski definition) is 5. The van der Waals surface area contributed by atoms with Gasteiger partial charge in [-0.15, -0.1) is 0 Å². The zero-order valence-electron chi connectivity index (χ0n) is 18.0. The number of aryl methyl sites for hydroxylation is 3. The summed E-state index contributed by atoms with van der Waals surface area (Å²) in [4.78, 5) is 17.6. The molecule has 0 radical (unpaired) electrons. The summed E-state index contributed by atoms with van der Waals surface area (Å²) < 4.78 is 12.9. The lowest BCUT2D eigenvalue weighted by Crippen LogP contribution is -2.25. The molecule has 0 fully saturated rings.